The Morgan fingerprint density at radius 1 is 1.43 bits per heavy atom. The second-order valence-corrected chi connectivity index (χ2v) is 7.08. The average molecular weight is 398 g/mol. The van der Waals surface area contributed by atoms with Crippen molar-refractivity contribution in [3.63, 3.8) is 0 Å². The van der Waals surface area contributed by atoms with Crippen molar-refractivity contribution in [2.75, 3.05) is 32.1 Å². The van der Waals surface area contributed by atoms with Crippen LogP contribution in [0.3, 0.4) is 0 Å². The molecule has 0 unspecified atom stereocenters. The van der Waals surface area contributed by atoms with Gasteiger partial charge in [0.2, 0.25) is 5.91 Å². The first-order valence-corrected chi connectivity index (χ1v) is 8.88. The molecule has 1 aromatic carbocycles. The number of amides is 1. The van der Waals surface area contributed by atoms with Crippen LogP contribution in [-0.4, -0.2) is 37.7 Å². The molecule has 7 heteroatoms. The number of nitrogens with one attached hydrogen (secondary N) is 2. The van der Waals surface area contributed by atoms with Crippen molar-refractivity contribution in [1.29, 1.82) is 0 Å². The van der Waals surface area contributed by atoms with E-state index in [0.717, 1.165) is 15.8 Å². The summed E-state index contributed by atoms with van der Waals surface area (Å²) in [5.74, 6) is -0.0958. The van der Waals surface area contributed by atoms with Crippen molar-refractivity contribution in [1.82, 2.24) is 10.3 Å². The van der Waals surface area contributed by atoms with Gasteiger partial charge in [-0.3, -0.25) is 4.79 Å². The Kier molecular flexibility index (Phi) is 7.16. The van der Waals surface area contributed by atoms with Crippen LogP contribution in [-0.2, 0) is 16.0 Å². The number of methoxy groups -OCH3 is 1. The van der Waals surface area contributed by atoms with E-state index in [-0.39, 0.29) is 12.5 Å². The highest BCUT2D eigenvalue weighted by Gasteiger charge is 2.07. The molecule has 124 valence electrons. The minimum Gasteiger partial charge on any atom is -0.383 e. The van der Waals surface area contributed by atoms with Gasteiger partial charge in [-0.1, -0.05) is 28.1 Å². The van der Waals surface area contributed by atoms with Crippen LogP contribution in [0.2, 0.25) is 0 Å². The summed E-state index contributed by atoms with van der Waals surface area (Å²) >= 11 is 5.01. The van der Waals surface area contributed by atoms with Crippen molar-refractivity contribution in [2.45, 2.75) is 13.3 Å². The number of ether oxygens (including phenoxy) is 1. The normalized spacial score (nSPS) is 10.7. The molecule has 0 aliphatic rings. The van der Waals surface area contributed by atoms with E-state index in [2.05, 4.69) is 56.7 Å². The molecule has 0 bridgehead atoms. The number of halogens is 1. The molecule has 0 saturated carbocycles. The van der Waals surface area contributed by atoms with E-state index >= 15 is 0 Å². The van der Waals surface area contributed by atoms with E-state index in [0.29, 0.717) is 18.3 Å². The third-order valence-corrected chi connectivity index (χ3v) is 4.97. The van der Waals surface area contributed by atoms with Crippen LogP contribution >= 0.6 is 27.3 Å². The number of nitrogens with zero attached hydrogens (tertiary/aromatic N) is 1. The van der Waals surface area contributed by atoms with Gasteiger partial charge in [0.1, 0.15) is 0 Å². The van der Waals surface area contributed by atoms with Gasteiger partial charge in [0.25, 0.3) is 0 Å². The summed E-state index contributed by atoms with van der Waals surface area (Å²) in [4.78, 5) is 17.2. The Morgan fingerprint density at radius 2 is 2.26 bits per heavy atom. The topological polar surface area (TPSA) is 63.2 Å². The number of benzene rings is 1. The van der Waals surface area contributed by atoms with Crippen LogP contribution in [0.1, 0.15) is 16.0 Å². The van der Waals surface area contributed by atoms with Crippen LogP contribution in [0.15, 0.2) is 28.9 Å². The molecule has 1 amide bonds. The van der Waals surface area contributed by atoms with E-state index in [4.69, 9.17) is 4.74 Å². The van der Waals surface area contributed by atoms with Crippen molar-refractivity contribution < 1.29 is 9.53 Å². The van der Waals surface area contributed by atoms with Gasteiger partial charge in [-0.15, -0.1) is 11.3 Å². The summed E-state index contributed by atoms with van der Waals surface area (Å²) in [7, 11) is 1.63. The van der Waals surface area contributed by atoms with Gasteiger partial charge in [-0.05, 0) is 24.1 Å². The molecule has 0 spiro atoms. The van der Waals surface area contributed by atoms with Gasteiger partial charge in [0.15, 0.2) is 5.13 Å². The summed E-state index contributed by atoms with van der Waals surface area (Å²) in [6.45, 7) is 3.56. The lowest BCUT2D eigenvalue weighted by atomic mass is 10.1. The number of carbonyl (C=O) groups excluding carboxylic acids is 1. The predicted octanol–water partition coefficient (Wildman–Crippen LogP) is 2.98. The number of aryl methyl sites for hydroxylation is 1. The van der Waals surface area contributed by atoms with Crippen molar-refractivity contribution in [2.24, 2.45) is 0 Å². The van der Waals surface area contributed by atoms with Gasteiger partial charge in [0, 0.05) is 35.6 Å². The number of rotatable bonds is 8. The second-order valence-electron chi connectivity index (χ2n) is 5.11. The lowest BCUT2D eigenvalue weighted by Crippen LogP contribution is -2.30. The zero-order valence-electron chi connectivity index (χ0n) is 13.2. The molecule has 5 nitrogen and oxygen atoms in total. The zero-order chi connectivity index (χ0) is 16.7. The second kappa shape index (κ2) is 9.12. The predicted molar refractivity (Wildman–Crippen MR) is 97.2 cm³/mol. The van der Waals surface area contributed by atoms with Crippen LogP contribution in [0.4, 0.5) is 5.13 Å². The maximum Gasteiger partial charge on any atom is 0.240 e. The van der Waals surface area contributed by atoms with E-state index < -0.39 is 0 Å². The number of anilines is 1. The first-order valence-electron chi connectivity index (χ1n) is 7.27. The van der Waals surface area contributed by atoms with Crippen LogP contribution in [0, 0.1) is 6.92 Å². The number of hydrogen-bond acceptors (Lipinski definition) is 5. The Balaban J connectivity index is 1.85. The molecule has 0 saturated heterocycles. The molecule has 1 aromatic heterocycles. The SMILES string of the molecule is COCCNCC(=O)Nc1ncc(Cc2ccc(Br)c(C)c2)s1. The molecule has 23 heavy (non-hydrogen) atoms. The third-order valence-electron chi connectivity index (χ3n) is 3.17. The molecule has 0 aliphatic heterocycles. The van der Waals surface area contributed by atoms with Crippen molar-refractivity contribution in [3.05, 3.63) is 44.9 Å². The lowest BCUT2D eigenvalue weighted by molar-refractivity contribution is -0.115. The molecular weight excluding hydrogens is 378 g/mol. The fourth-order valence-corrected chi connectivity index (χ4v) is 3.11. The first-order chi connectivity index (χ1) is 11.1. The smallest absolute Gasteiger partial charge is 0.240 e. The van der Waals surface area contributed by atoms with Crippen LogP contribution < -0.4 is 10.6 Å². The van der Waals surface area contributed by atoms with Crippen LogP contribution in [0.5, 0.6) is 0 Å². The molecule has 0 atom stereocenters. The Morgan fingerprint density at radius 3 is 3.00 bits per heavy atom. The highest BCUT2D eigenvalue weighted by atomic mass is 79.9. The number of hydrogen-bond donors (Lipinski definition) is 2. The average Bonchev–Trinajstić information content (AvgIpc) is 2.94. The summed E-state index contributed by atoms with van der Waals surface area (Å²) in [6, 6.07) is 6.30. The highest BCUT2D eigenvalue weighted by molar-refractivity contribution is 9.10. The van der Waals surface area contributed by atoms with Gasteiger partial charge in [-0.25, -0.2) is 4.98 Å². The quantitative estimate of drug-likeness (QED) is 0.672. The van der Waals surface area contributed by atoms with Gasteiger partial charge in [-0.2, -0.15) is 0 Å². The molecule has 0 aliphatic carbocycles. The lowest BCUT2D eigenvalue weighted by Gasteiger charge is -2.04. The summed E-state index contributed by atoms with van der Waals surface area (Å²) < 4.78 is 6.02. The minimum atomic E-state index is -0.0958. The van der Waals surface area contributed by atoms with E-state index in [1.54, 1.807) is 7.11 Å². The summed E-state index contributed by atoms with van der Waals surface area (Å²) in [6.07, 6.45) is 2.63. The standard InChI is InChI=1S/C16H20BrN3O2S/c1-11-7-12(3-4-14(11)17)8-13-9-19-16(23-13)20-15(21)10-18-5-6-22-2/h3-4,7,9,18H,5-6,8,10H2,1-2H3,(H,19,20,21). The third kappa shape index (κ3) is 6.02. The fraction of sp³-hybridized carbons (Fsp3) is 0.375. The summed E-state index contributed by atoms with van der Waals surface area (Å²) in [5, 5.41) is 6.43. The van der Waals surface area contributed by atoms with Gasteiger partial charge >= 0.3 is 0 Å². The maximum absolute atomic E-state index is 11.8. The highest BCUT2D eigenvalue weighted by Crippen LogP contribution is 2.23. The molecular formula is C16H20BrN3O2S. The molecule has 2 aromatic rings. The maximum atomic E-state index is 11.8. The van der Waals surface area contributed by atoms with Crippen LogP contribution in [0.25, 0.3) is 0 Å². The van der Waals surface area contributed by atoms with Crippen molar-refractivity contribution >= 4 is 38.3 Å². The minimum absolute atomic E-state index is 0.0958. The van der Waals surface area contributed by atoms with Gasteiger partial charge in [0.05, 0.1) is 13.2 Å². The monoisotopic (exact) mass is 397 g/mol. The molecule has 1 heterocycles. The zero-order valence-corrected chi connectivity index (χ0v) is 15.6. The molecule has 2 N–H and O–H groups in total. The van der Waals surface area contributed by atoms with E-state index in [1.807, 2.05) is 6.20 Å². The number of carbonyl (C=O) groups is 1. The summed E-state index contributed by atoms with van der Waals surface area (Å²) in [5.41, 5.74) is 2.44. The number of thiazole rings is 1. The Hall–Kier alpha value is -1.28. The Bertz CT molecular complexity index is 661. The molecule has 0 radical (unpaired) electrons. The van der Waals surface area contributed by atoms with E-state index in [9.17, 15) is 4.79 Å². The van der Waals surface area contributed by atoms with Crippen molar-refractivity contribution in [3.8, 4) is 0 Å². The van der Waals surface area contributed by atoms with E-state index in [1.165, 1.54) is 22.5 Å². The van der Waals surface area contributed by atoms with Gasteiger partial charge < -0.3 is 15.4 Å². The molecule has 2 rings (SSSR count). The first kappa shape index (κ1) is 18.1. The largest absolute Gasteiger partial charge is 0.383 e. The Labute approximate surface area is 148 Å². The number of aromatic nitrogens is 1. The molecule has 0 fully saturated rings. The fourth-order valence-electron chi connectivity index (χ4n) is 2.00.